The van der Waals surface area contributed by atoms with Crippen LogP contribution in [0.1, 0.15) is 27.3 Å². The zero-order valence-electron chi connectivity index (χ0n) is 17.8. The van der Waals surface area contributed by atoms with Crippen LogP contribution < -0.4 is 24.4 Å². The maximum Gasteiger partial charge on any atom is 0.271 e. The molecule has 0 bridgehead atoms. The molecular weight excluding hydrogens is 398 g/mol. The first-order valence-electron chi connectivity index (χ1n) is 9.66. The fraction of sp³-hybridized carbons (Fsp3) is 0.217. The van der Waals surface area contributed by atoms with E-state index < -0.39 is 0 Å². The molecule has 1 N–H and O–H groups in total. The standard InChI is InChI=1S/C23H23N3O5/c1-14-9-17(15(2)26(14)18-6-8-20-22(11-18)31-13-30-20)12-24-25-23(27)16-5-7-19(28-3)21(10-16)29-4/h5-12H,13H2,1-4H3,(H,25,27)/b24-12-. The molecule has 1 aromatic heterocycles. The maximum atomic E-state index is 12.4. The lowest BCUT2D eigenvalue weighted by molar-refractivity contribution is 0.0954. The number of nitrogens with one attached hydrogen (secondary N) is 1. The Bertz CT molecular complexity index is 1170. The largest absolute Gasteiger partial charge is 0.493 e. The number of aromatic nitrogens is 1. The van der Waals surface area contributed by atoms with Crippen LogP contribution in [0.5, 0.6) is 23.0 Å². The second-order valence-corrected chi connectivity index (χ2v) is 6.97. The van der Waals surface area contributed by atoms with Crippen molar-refractivity contribution in [2.45, 2.75) is 13.8 Å². The van der Waals surface area contributed by atoms with E-state index in [9.17, 15) is 4.79 Å². The summed E-state index contributed by atoms with van der Waals surface area (Å²) in [5.74, 6) is 2.15. The third-order valence-corrected chi connectivity index (χ3v) is 5.10. The van der Waals surface area contributed by atoms with E-state index in [4.69, 9.17) is 18.9 Å². The third-order valence-electron chi connectivity index (χ3n) is 5.10. The van der Waals surface area contributed by atoms with Gasteiger partial charge in [0.15, 0.2) is 23.0 Å². The minimum atomic E-state index is -0.346. The molecule has 8 nitrogen and oxygen atoms in total. The fourth-order valence-corrected chi connectivity index (χ4v) is 3.54. The Kier molecular flexibility index (Phi) is 5.53. The zero-order valence-corrected chi connectivity index (χ0v) is 17.8. The molecule has 1 amide bonds. The summed E-state index contributed by atoms with van der Waals surface area (Å²) >= 11 is 0. The van der Waals surface area contributed by atoms with Crippen LogP contribution in [0.2, 0.25) is 0 Å². The van der Waals surface area contributed by atoms with Gasteiger partial charge in [-0.3, -0.25) is 4.79 Å². The molecule has 1 aliphatic rings. The second kappa shape index (κ2) is 8.43. The van der Waals surface area contributed by atoms with Crippen molar-refractivity contribution in [3.63, 3.8) is 0 Å². The number of nitrogens with zero attached hydrogens (tertiary/aromatic N) is 2. The van der Waals surface area contributed by atoms with Gasteiger partial charge in [-0.25, -0.2) is 5.43 Å². The lowest BCUT2D eigenvalue weighted by Gasteiger charge is -2.10. The van der Waals surface area contributed by atoms with Gasteiger partial charge in [-0.15, -0.1) is 0 Å². The predicted molar refractivity (Wildman–Crippen MR) is 116 cm³/mol. The van der Waals surface area contributed by atoms with E-state index in [1.54, 1.807) is 31.5 Å². The van der Waals surface area contributed by atoms with E-state index in [2.05, 4.69) is 15.1 Å². The van der Waals surface area contributed by atoms with Crippen LogP contribution in [-0.4, -0.2) is 37.7 Å². The summed E-state index contributed by atoms with van der Waals surface area (Å²) in [6.45, 7) is 4.24. The minimum Gasteiger partial charge on any atom is -0.493 e. The van der Waals surface area contributed by atoms with E-state index in [1.807, 2.05) is 38.1 Å². The highest BCUT2D eigenvalue weighted by Crippen LogP contribution is 2.34. The molecule has 4 rings (SSSR count). The number of hydrogen-bond acceptors (Lipinski definition) is 6. The number of methoxy groups -OCH3 is 2. The number of hydrogen-bond donors (Lipinski definition) is 1. The van der Waals surface area contributed by atoms with Crippen molar-refractivity contribution >= 4 is 12.1 Å². The molecule has 0 fully saturated rings. The molecule has 0 aliphatic carbocycles. The van der Waals surface area contributed by atoms with Crippen LogP contribution in [-0.2, 0) is 0 Å². The fourth-order valence-electron chi connectivity index (χ4n) is 3.54. The first kappa shape index (κ1) is 20.3. The molecule has 160 valence electrons. The number of hydrazone groups is 1. The Morgan fingerprint density at radius 1 is 1.03 bits per heavy atom. The summed E-state index contributed by atoms with van der Waals surface area (Å²) in [6, 6.07) is 12.8. The highest BCUT2D eigenvalue weighted by molar-refractivity contribution is 5.95. The van der Waals surface area contributed by atoms with Crippen LogP contribution in [0.3, 0.4) is 0 Å². The molecule has 0 saturated heterocycles. The summed E-state index contributed by atoms with van der Waals surface area (Å²) in [6.07, 6.45) is 1.63. The predicted octanol–water partition coefficient (Wildman–Crippen LogP) is 3.60. The summed E-state index contributed by atoms with van der Waals surface area (Å²) < 4.78 is 23.4. The monoisotopic (exact) mass is 421 g/mol. The lowest BCUT2D eigenvalue weighted by Crippen LogP contribution is -2.17. The van der Waals surface area contributed by atoms with E-state index in [-0.39, 0.29) is 12.7 Å². The van der Waals surface area contributed by atoms with Gasteiger partial charge in [0.25, 0.3) is 5.91 Å². The van der Waals surface area contributed by atoms with Gasteiger partial charge >= 0.3 is 0 Å². The summed E-state index contributed by atoms with van der Waals surface area (Å²) in [4.78, 5) is 12.4. The first-order valence-corrected chi connectivity index (χ1v) is 9.66. The normalized spacial score (nSPS) is 12.3. The van der Waals surface area contributed by atoms with E-state index in [0.29, 0.717) is 17.1 Å². The van der Waals surface area contributed by atoms with Crippen molar-refractivity contribution in [3.8, 4) is 28.7 Å². The number of aryl methyl sites for hydroxylation is 1. The van der Waals surface area contributed by atoms with E-state index in [0.717, 1.165) is 34.1 Å². The average molecular weight is 421 g/mol. The number of benzene rings is 2. The van der Waals surface area contributed by atoms with Crippen molar-refractivity contribution in [2.24, 2.45) is 5.10 Å². The molecule has 0 spiro atoms. The third kappa shape index (κ3) is 3.92. The van der Waals surface area contributed by atoms with Crippen molar-refractivity contribution in [1.29, 1.82) is 0 Å². The Balaban J connectivity index is 1.51. The Morgan fingerprint density at radius 2 is 1.81 bits per heavy atom. The van der Waals surface area contributed by atoms with Crippen LogP contribution in [0.25, 0.3) is 5.69 Å². The number of carbonyl (C=O) groups is 1. The summed E-state index contributed by atoms with van der Waals surface area (Å²) in [5.41, 5.74) is 6.85. The number of amides is 1. The van der Waals surface area contributed by atoms with Crippen molar-refractivity contribution < 1.29 is 23.7 Å². The zero-order chi connectivity index (χ0) is 22.0. The summed E-state index contributed by atoms with van der Waals surface area (Å²) in [5, 5.41) is 4.13. The van der Waals surface area contributed by atoms with Crippen LogP contribution in [0.4, 0.5) is 0 Å². The molecule has 31 heavy (non-hydrogen) atoms. The molecule has 0 unspecified atom stereocenters. The number of carbonyl (C=O) groups excluding carboxylic acids is 1. The average Bonchev–Trinajstić information content (AvgIpc) is 3.36. The van der Waals surface area contributed by atoms with Gasteiger partial charge in [0.05, 0.1) is 20.4 Å². The maximum absolute atomic E-state index is 12.4. The minimum absolute atomic E-state index is 0.236. The van der Waals surface area contributed by atoms with Gasteiger partial charge < -0.3 is 23.5 Å². The molecular formula is C23H23N3O5. The first-order chi connectivity index (χ1) is 15.0. The van der Waals surface area contributed by atoms with Gasteiger partial charge in [0, 0.05) is 34.3 Å². The van der Waals surface area contributed by atoms with E-state index in [1.165, 1.54) is 7.11 Å². The molecule has 3 aromatic rings. The molecule has 2 aromatic carbocycles. The van der Waals surface area contributed by atoms with Crippen LogP contribution >= 0.6 is 0 Å². The topological polar surface area (TPSA) is 83.3 Å². The number of rotatable bonds is 6. The molecule has 1 aliphatic heterocycles. The van der Waals surface area contributed by atoms with Gasteiger partial charge in [-0.1, -0.05) is 0 Å². The van der Waals surface area contributed by atoms with Crippen molar-refractivity contribution in [3.05, 3.63) is 65.0 Å². The van der Waals surface area contributed by atoms with Crippen molar-refractivity contribution in [2.75, 3.05) is 21.0 Å². The highest BCUT2D eigenvalue weighted by atomic mass is 16.7. The molecule has 0 saturated carbocycles. The Morgan fingerprint density at radius 3 is 2.58 bits per heavy atom. The van der Waals surface area contributed by atoms with Crippen LogP contribution in [0.15, 0.2) is 47.6 Å². The molecule has 0 atom stereocenters. The Hall–Kier alpha value is -3.94. The highest BCUT2D eigenvalue weighted by Gasteiger charge is 2.16. The van der Waals surface area contributed by atoms with Gasteiger partial charge in [0.1, 0.15) is 0 Å². The molecule has 8 heteroatoms. The lowest BCUT2D eigenvalue weighted by atomic mass is 10.2. The second-order valence-electron chi connectivity index (χ2n) is 6.97. The van der Waals surface area contributed by atoms with Gasteiger partial charge in [-0.2, -0.15) is 5.10 Å². The van der Waals surface area contributed by atoms with Gasteiger partial charge in [0.2, 0.25) is 6.79 Å². The van der Waals surface area contributed by atoms with Gasteiger partial charge in [-0.05, 0) is 50.2 Å². The number of fused-ring (bicyclic) bond motifs is 1. The van der Waals surface area contributed by atoms with Crippen molar-refractivity contribution in [1.82, 2.24) is 9.99 Å². The SMILES string of the molecule is COc1ccc(C(=O)N/N=C\c2cc(C)n(-c3ccc4c(c3)OCO4)c2C)cc1OC. The quantitative estimate of drug-likeness (QED) is 0.486. The molecule has 2 heterocycles. The number of ether oxygens (including phenoxy) is 4. The summed E-state index contributed by atoms with van der Waals surface area (Å²) in [7, 11) is 3.07. The smallest absolute Gasteiger partial charge is 0.271 e. The van der Waals surface area contributed by atoms with E-state index >= 15 is 0 Å². The van der Waals surface area contributed by atoms with Crippen LogP contribution in [0, 0.1) is 13.8 Å². The Labute approximate surface area is 180 Å². The molecule has 0 radical (unpaired) electrons.